The van der Waals surface area contributed by atoms with Crippen LogP contribution in [0.3, 0.4) is 0 Å². The molecule has 4 rings (SSSR count). The van der Waals surface area contributed by atoms with E-state index in [1.165, 1.54) is 11.8 Å². The molecule has 0 bridgehead atoms. The van der Waals surface area contributed by atoms with E-state index in [9.17, 15) is 4.79 Å². The molecule has 1 atom stereocenters. The summed E-state index contributed by atoms with van der Waals surface area (Å²) in [7, 11) is 0. The van der Waals surface area contributed by atoms with Gasteiger partial charge in [-0.2, -0.15) is 0 Å². The highest BCUT2D eigenvalue weighted by Crippen LogP contribution is 2.27. The lowest BCUT2D eigenvalue weighted by molar-refractivity contribution is -0.120. The summed E-state index contributed by atoms with van der Waals surface area (Å²) >= 11 is 7.44. The van der Waals surface area contributed by atoms with Crippen molar-refractivity contribution < 1.29 is 9.21 Å². The second-order valence-corrected chi connectivity index (χ2v) is 8.67. The molecule has 31 heavy (non-hydrogen) atoms. The summed E-state index contributed by atoms with van der Waals surface area (Å²) in [5.74, 6) is 1.40. The van der Waals surface area contributed by atoms with Crippen molar-refractivity contribution in [2.24, 2.45) is 0 Å². The highest BCUT2D eigenvalue weighted by Gasteiger charge is 2.21. The molecule has 158 valence electrons. The number of amides is 1. The minimum atomic E-state index is -0.366. The number of hydrogen-bond acceptors (Lipinski definition) is 5. The van der Waals surface area contributed by atoms with Crippen molar-refractivity contribution >= 4 is 29.3 Å². The van der Waals surface area contributed by atoms with Gasteiger partial charge in [-0.3, -0.25) is 9.36 Å². The summed E-state index contributed by atoms with van der Waals surface area (Å²) in [6.07, 6.45) is 2.21. The van der Waals surface area contributed by atoms with E-state index in [0.717, 1.165) is 17.1 Å². The molecule has 4 aromatic rings. The van der Waals surface area contributed by atoms with E-state index < -0.39 is 0 Å². The van der Waals surface area contributed by atoms with Crippen LogP contribution in [-0.4, -0.2) is 25.9 Å². The molecule has 0 saturated heterocycles. The van der Waals surface area contributed by atoms with Crippen LogP contribution in [0.15, 0.2) is 82.6 Å². The van der Waals surface area contributed by atoms with Gasteiger partial charge in [0.05, 0.1) is 18.1 Å². The number of halogens is 1. The number of nitrogens with one attached hydrogen (secondary N) is 1. The molecule has 1 N–H and O–H groups in total. The van der Waals surface area contributed by atoms with Gasteiger partial charge in [0.1, 0.15) is 11.6 Å². The molecule has 6 nitrogen and oxygen atoms in total. The fourth-order valence-corrected chi connectivity index (χ4v) is 4.10. The Labute approximate surface area is 189 Å². The number of furan rings is 1. The molecular formula is C23H21ClN4O2S. The van der Waals surface area contributed by atoms with Crippen LogP contribution in [0.2, 0.25) is 5.02 Å². The first kappa shape index (κ1) is 21.2. The van der Waals surface area contributed by atoms with E-state index in [2.05, 4.69) is 27.6 Å². The highest BCUT2D eigenvalue weighted by molar-refractivity contribution is 8.00. The standard InChI is InChI=1S/C23H21ClN4O2S/c1-16(22(29)25-15-20-8-5-13-30-20)31-23-27-26-21(14-17-6-3-2-4-7-17)28(23)19-11-9-18(24)10-12-19/h2-13,16H,14-15H2,1H3,(H,25,29). The molecule has 0 radical (unpaired) electrons. The van der Waals surface area contributed by atoms with Crippen molar-refractivity contribution in [1.82, 2.24) is 20.1 Å². The smallest absolute Gasteiger partial charge is 0.233 e. The van der Waals surface area contributed by atoms with Crippen LogP contribution >= 0.6 is 23.4 Å². The number of nitrogens with zero attached hydrogens (tertiary/aromatic N) is 3. The Morgan fingerprint density at radius 3 is 2.58 bits per heavy atom. The number of thioether (sulfide) groups is 1. The van der Waals surface area contributed by atoms with Crippen molar-refractivity contribution in [3.8, 4) is 5.69 Å². The fourth-order valence-electron chi connectivity index (χ4n) is 3.06. The molecule has 2 aromatic carbocycles. The normalized spacial score (nSPS) is 11.9. The van der Waals surface area contributed by atoms with Crippen LogP contribution in [0, 0.1) is 0 Å². The van der Waals surface area contributed by atoms with Crippen molar-refractivity contribution in [1.29, 1.82) is 0 Å². The predicted octanol–water partition coefficient (Wildman–Crippen LogP) is 4.90. The predicted molar refractivity (Wildman–Crippen MR) is 121 cm³/mol. The molecule has 0 saturated carbocycles. The summed E-state index contributed by atoms with van der Waals surface area (Å²) in [5, 5.41) is 12.6. The van der Waals surface area contributed by atoms with Gasteiger partial charge in [-0.15, -0.1) is 10.2 Å². The van der Waals surface area contributed by atoms with Gasteiger partial charge in [-0.05, 0) is 48.9 Å². The van der Waals surface area contributed by atoms with Crippen LogP contribution in [-0.2, 0) is 17.8 Å². The third-order valence-corrected chi connectivity index (χ3v) is 5.95. The quantitative estimate of drug-likeness (QED) is 0.385. The van der Waals surface area contributed by atoms with Crippen molar-refractivity contribution in [3.63, 3.8) is 0 Å². The number of carbonyl (C=O) groups excluding carboxylic acids is 1. The molecule has 8 heteroatoms. The van der Waals surface area contributed by atoms with Gasteiger partial charge in [0.15, 0.2) is 5.16 Å². The summed E-state index contributed by atoms with van der Waals surface area (Å²) in [6, 6.07) is 21.2. The van der Waals surface area contributed by atoms with Gasteiger partial charge in [0.2, 0.25) is 5.91 Å². The summed E-state index contributed by atoms with van der Waals surface area (Å²) in [6.45, 7) is 2.19. The van der Waals surface area contributed by atoms with Crippen LogP contribution < -0.4 is 5.32 Å². The first-order valence-electron chi connectivity index (χ1n) is 9.81. The first-order valence-corrected chi connectivity index (χ1v) is 11.1. The van der Waals surface area contributed by atoms with Gasteiger partial charge < -0.3 is 9.73 Å². The molecule has 0 fully saturated rings. The Bertz CT molecular complexity index is 1130. The number of rotatable bonds is 8. The van der Waals surface area contributed by atoms with Crippen molar-refractivity contribution in [3.05, 3.63) is 95.2 Å². The third-order valence-electron chi connectivity index (χ3n) is 4.66. The SMILES string of the molecule is CC(Sc1nnc(Cc2ccccc2)n1-c1ccc(Cl)cc1)C(=O)NCc1ccco1. The second kappa shape index (κ2) is 9.85. The lowest BCUT2D eigenvalue weighted by Crippen LogP contribution is -2.30. The lowest BCUT2D eigenvalue weighted by Gasteiger charge is -2.14. The van der Waals surface area contributed by atoms with Crippen LogP contribution in [0.5, 0.6) is 0 Å². The average molecular weight is 453 g/mol. The molecule has 2 heterocycles. The molecule has 1 amide bonds. The minimum absolute atomic E-state index is 0.100. The van der Waals surface area contributed by atoms with E-state index in [1.807, 2.05) is 60.0 Å². The number of benzene rings is 2. The van der Waals surface area contributed by atoms with Crippen LogP contribution in [0.25, 0.3) is 5.69 Å². The van der Waals surface area contributed by atoms with E-state index in [1.54, 1.807) is 12.3 Å². The number of carbonyl (C=O) groups is 1. The van der Waals surface area contributed by atoms with Gasteiger partial charge in [0.25, 0.3) is 0 Å². The zero-order valence-corrected chi connectivity index (χ0v) is 18.4. The Hall–Kier alpha value is -3.03. The number of hydrogen-bond donors (Lipinski definition) is 1. The van der Waals surface area contributed by atoms with Crippen molar-refractivity contribution in [2.45, 2.75) is 30.3 Å². The molecule has 0 aliphatic carbocycles. The second-order valence-electron chi connectivity index (χ2n) is 6.93. The van der Waals surface area contributed by atoms with E-state index >= 15 is 0 Å². The van der Waals surface area contributed by atoms with E-state index in [0.29, 0.717) is 28.9 Å². The highest BCUT2D eigenvalue weighted by atomic mass is 35.5. The zero-order valence-electron chi connectivity index (χ0n) is 16.9. The van der Waals surface area contributed by atoms with E-state index in [4.69, 9.17) is 16.0 Å². The van der Waals surface area contributed by atoms with E-state index in [-0.39, 0.29) is 11.2 Å². The maximum absolute atomic E-state index is 12.6. The molecule has 2 aromatic heterocycles. The van der Waals surface area contributed by atoms with Gasteiger partial charge in [-0.25, -0.2) is 0 Å². The summed E-state index contributed by atoms with van der Waals surface area (Å²) < 4.78 is 7.25. The maximum atomic E-state index is 12.6. The lowest BCUT2D eigenvalue weighted by atomic mass is 10.1. The average Bonchev–Trinajstić information content (AvgIpc) is 3.44. The summed E-state index contributed by atoms with van der Waals surface area (Å²) in [4.78, 5) is 12.6. The monoisotopic (exact) mass is 452 g/mol. The van der Waals surface area contributed by atoms with Gasteiger partial charge >= 0.3 is 0 Å². The Morgan fingerprint density at radius 2 is 1.87 bits per heavy atom. The molecular weight excluding hydrogens is 432 g/mol. The van der Waals surface area contributed by atoms with Crippen molar-refractivity contribution in [2.75, 3.05) is 0 Å². The van der Waals surface area contributed by atoms with Gasteiger partial charge in [0, 0.05) is 17.1 Å². The Balaban J connectivity index is 1.56. The Kier molecular flexibility index (Phi) is 6.74. The largest absolute Gasteiger partial charge is 0.467 e. The molecule has 0 spiro atoms. The minimum Gasteiger partial charge on any atom is -0.467 e. The topological polar surface area (TPSA) is 73.0 Å². The summed E-state index contributed by atoms with van der Waals surface area (Å²) in [5.41, 5.74) is 2.02. The first-order chi connectivity index (χ1) is 15.1. The maximum Gasteiger partial charge on any atom is 0.233 e. The molecule has 0 aliphatic heterocycles. The van der Waals surface area contributed by atoms with Crippen LogP contribution in [0.1, 0.15) is 24.1 Å². The van der Waals surface area contributed by atoms with Crippen LogP contribution in [0.4, 0.5) is 0 Å². The molecule has 1 unspecified atom stereocenters. The fraction of sp³-hybridized carbons (Fsp3) is 0.174. The van der Waals surface area contributed by atoms with Gasteiger partial charge in [-0.1, -0.05) is 53.7 Å². The number of aromatic nitrogens is 3. The Morgan fingerprint density at radius 1 is 1.10 bits per heavy atom. The zero-order chi connectivity index (χ0) is 21.6. The third kappa shape index (κ3) is 5.37. The molecule has 0 aliphatic rings.